The lowest BCUT2D eigenvalue weighted by molar-refractivity contribution is 0.186. The van der Waals surface area contributed by atoms with E-state index in [2.05, 4.69) is 32.7 Å². The summed E-state index contributed by atoms with van der Waals surface area (Å²) in [5.41, 5.74) is 9.28. The van der Waals surface area contributed by atoms with E-state index in [0.29, 0.717) is 25.2 Å². The summed E-state index contributed by atoms with van der Waals surface area (Å²) >= 11 is 0. The smallest absolute Gasteiger partial charge is 0.328 e. The maximum absolute atomic E-state index is 12.8. The van der Waals surface area contributed by atoms with Crippen LogP contribution in [0.3, 0.4) is 0 Å². The van der Waals surface area contributed by atoms with Crippen LogP contribution in [0.1, 0.15) is 36.8 Å². The van der Waals surface area contributed by atoms with Crippen molar-refractivity contribution in [1.82, 2.24) is 24.7 Å². The Morgan fingerprint density at radius 1 is 1.06 bits per heavy atom. The summed E-state index contributed by atoms with van der Waals surface area (Å²) in [6, 6.07) is 8.59. The molecule has 2 aromatic rings. The SMILES string of the molecule is Cl.NC1CCCN(C2CCc3ccc(-n4ccc(NC(=O)N5CCNCC5)nc4=O)cc3C2)CC1. The van der Waals surface area contributed by atoms with Gasteiger partial charge in [0, 0.05) is 44.5 Å². The van der Waals surface area contributed by atoms with E-state index in [0.717, 1.165) is 57.5 Å². The fourth-order valence-electron chi connectivity index (χ4n) is 5.42. The minimum Gasteiger partial charge on any atom is -0.328 e. The zero-order valence-corrected chi connectivity index (χ0v) is 20.9. The highest BCUT2D eigenvalue weighted by Gasteiger charge is 2.26. The van der Waals surface area contributed by atoms with Crippen molar-refractivity contribution in [2.45, 2.75) is 50.6 Å². The summed E-state index contributed by atoms with van der Waals surface area (Å²) in [4.78, 5) is 33.7. The van der Waals surface area contributed by atoms with Gasteiger partial charge in [-0.3, -0.25) is 14.8 Å². The van der Waals surface area contributed by atoms with Gasteiger partial charge in [0.2, 0.25) is 0 Å². The Hall–Kier alpha value is -2.46. The Balaban J connectivity index is 0.00000289. The third kappa shape index (κ3) is 6.03. The van der Waals surface area contributed by atoms with Gasteiger partial charge in [0.1, 0.15) is 5.82 Å². The quantitative estimate of drug-likeness (QED) is 0.591. The number of nitrogens with zero attached hydrogens (tertiary/aromatic N) is 4. The number of hydrogen-bond donors (Lipinski definition) is 3. The number of aryl methyl sites for hydroxylation is 1. The lowest BCUT2D eigenvalue weighted by Gasteiger charge is -2.34. The van der Waals surface area contributed by atoms with Gasteiger partial charge in [-0.2, -0.15) is 4.98 Å². The van der Waals surface area contributed by atoms with E-state index in [1.54, 1.807) is 21.7 Å². The minimum atomic E-state index is -0.396. The molecule has 0 bridgehead atoms. The molecular formula is C25H36ClN7O2. The maximum Gasteiger partial charge on any atom is 0.354 e. The van der Waals surface area contributed by atoms with E-state index in [9.17, 15) is 9.59 Å². The van der Waals surface area contributed by atoms with Crippen LogP contribution in [0.5, 0.6) is 0 Å². The summed E-state index contributed by atoms with van der Waals surface area (Å²) in [6.07, 6.45) is 8.29. The highest BCUT2D eigenvalue weighted by Crippen LogP contribution is 2.28. The highest BCUT2D eigenvalue weighted by molar-refractivity contribution is 5.88. The van der Waals surface area contributed by atoms with Gasteiger partial charge in [0.05, 0.1) is 5.69 Å². The fraction of sp³-hybridized carbons (Fsp3) is 0.560. The number of halogens is 1. The van der Waals surface area contributed by atoms with Gasteiger partial charge < -0.3 is 16.0 Å². The Morgan fingerprint density at radius 2 is 1.89 bits per heavy atom. The number of benzene rings is 1. The summed E-state index contributed by atoms with van der Waals surface area (Å²) in [7, 11) is 0. The molecule has 35 heavy (non-hydrogen) atoms. The molecule has 190 valence electrons. The van der Waals surface area contributed by atoms with Crippen molar-refractivity contribution >= 4 is 24.3 Å². The number of hydrogen-bond acceptors (Lipinski definition) is 6. The average Bonchev–Trinajstić information content (AvgIpc) is 3.08. The van der Waals surface area contributed by atoms with E-state index in [4.69, 9.17) is 5.73 Å². The molecule has 3 aliphatic rings. The zero-order chi connectivity index (χ0) is 23.5. The molecule has 5 rings (SSSR count). The van der Waals surface area contributed by atoms with Gasteiger partial charge >= 0.3 is 11.7 Å². The van der Waals surface area contributed by atoms with Crippen molar-refractivity contribution in [3.8, 4) is 5.69 Å². The lowest BCUT2D eigenvalue weighted by Crippen LogP contribution is -2.48. The van der Waals surface area contributed by atoms with E-state index in [1.807, 2.05) is 6.07 Å². The van der Waals surface area contributed by atoms with Crippen molar-refractivity contribution in [3.63, 3.8) is 0 Å². The molecule has 1 aromatic heterocycles. The number of piperazine rings is 1. The number of nitrogens with one attached hydrogen (secondary N) is 2. The number of urea groups is 1. The standard InChI is InChI=1S/C25H35N7O2.ClH/c26-20-2-1-11-30(12-7-20)21-5-3-18-4-6-22(17-19(18)16-21)32-13-8-23(29-25(32)34)28-24(33)31-14-9-27-10-15-31;/h4,6,8,13,17,20-21,27H,1-3,5,7,9-12,14-16,26H2,(H,28,29,33,34);1H. The second-order valence-corrected chi connectivity index (χ2v) is 9.71. The molecule has 9 nitrogen and oxygen atoms in total. The Kier molecular flexibility index (Phi) is 8.43. The molecule has 0 radical (unpaired) electrons. The molecule has 2 unspecified atom stereocenters. The first-order valence-corrected chi connectivity index (χ1v) is 12.5. The molecule has 0 saturated carbocycles. The topological polar surface area (TPSA) is 109 Å². The molecule has 0 spiro atoms. The molecule has 4 N–H and O–H groups in total. The van der Waals surface area contributed by atoms with Crippen molar-refractivity contribution in [2.75, 3.05) is 44.6 Å². The van der Waals surface area contributed by atoms with Crippen LogP contribution in [0, 0.1) is 0 Å². The van der Waals surface area contributed by atoms with Crippen LogP contribution in [-0.4, -0.2) is 76.7 Å². The molecule has 10 heteroatoms. The third-order valence-corrected chi connectivity index (χ3v) is 7.44. The van der Waals surface area contributed by atoms with E-state index >= 15 is 0 Å². The van der Waals surface area contributed by atoms with Crippen LogP contribution in [0.2, 0.25) is 0 Å². The fourth-order valence-corrected chi connectivity index (χ4v) is 5.42. The van der Waals surface area contributed by atoms with E-state index < -0.39 is 5.69 Å². The van der Waals surface area contributed by atoms with E-state index in [-0.39, 0.29) is 24.3 Å². The monoisotopic (exact) mass is 501 g/mol. The van der Waals surface area contributed by atoms with Crippen molar-refractivity contribution in [3.05, 3.63) is 52.1 Å². The number of amides is 2. The number of anilines is 1. The Labute approximate surface area is 212 Å². The van der Waals surface area contributed by atoms with Gasteiger partial charge in [-0.1, -0.05) is 6.07 Å². The molecular weight excluding hydrogens is 466 g/mol. The highest BCUT2D eigenvalue weighted by atomic mass is 35.5. The van der Waals surface area contributed by atoms with Crippen LogP contribution < -0.4 is 22.1 Å². The van der Waals surface area contributed by atoms with E-state index in [1.165, 1.54) is 24.0 Å². The van der Waals surface area contributed by atoms with Crippen LogP contribution >= 0.6 is 12.4 Å². The zero-order valence-electron chi connectivity index (χ0n) is 20.1. The predicted octanol–water partition coefficient (Wildman–Crippen LogP) is 1.76. The van der Waals surface area contributed by atoms with Gasteiger partial charge in [0.25, 0.3) is 0 Å². The Bertz CT molecular complexity index is 1090. The van der Waals surface area contributed by atoms with Gasteiger partial charge in [-0.15, -0.1) is 12.4 Å². The lowest BCUT2D eigenvalue weighted by atomic mass is 9.87. The molecule has 2 saturated heterocycles. The second kappa shape index (κ2) is 11.5. The minimum absolute atomic E-state index is 0. The van der Waals surface area contributed by atoms with Crippen molar-refractivity contribution < 1.29 is 4.79 Å². The molecule has 2 aliphatic heterocycles. The summed E-state index contributed by atoms with van der Waals surface area (Å²) < 4.78 is 1.55. The largest absolute Gasteiger partial charge is 0.354 e. The van der Waals surface area contributed by atoms with Crippen molar-refractivity contribution in [1.29, 1.82) is 0 Å². The Morgan fingerprint density at radius 3 is 2.69 bits per heavy atom. The molecule has 2 amide bonds. The number of carbonyl (C=O) groups excluding carboxylic acids is 1. The van der Waals surface area contributed by atoms with Gasteiger partial charge in [-0.25, -0.2) is 9.59 Å². The van der Waals surface area contributed by atoms with Crippen molar-refractivity contribution in [2.24, 2.45) is 5.73 Å². The normalized spacial score (nSPS) is 23.1. The van der Waals surface area contributed by atoms with Crippen LogP contribution in [0.15, 0.2) is 35.3 Å². The average molecular weight is 502 g/mol. The number of nitrogens with two attached hydrogens (primary N) is 1. The van der Waals surface area contributed by atoms with Crippen LogP contribution in [0.25, 0.3) is 5.69 Å². The second-order valence-electron chi connectivity index (χ2n) is 9.71. The van der Waals surface area contributed by atoms with Gasteiger partial charge in [0.15, 0.2) is 0 Å². The predicted molar refractivity (Wildman–Crippen MR) is 140 cm³/mol. The summed E-state index contributed by atoms with van der Waals surface area (Å²) in [5.74, 6) is 0.280. The number of likely N-dealkylation sites (tertiary alicyclic amines) is 1. The molecule has 2 fully saturated rings. The molecule has 1 aliphatic carbocycles. The molecule has 3 heterocycles. The first-order valence-electron chi connectivity index (χ1n) is 12.5. The van der Waals surface area contributed by atoms with Crippen LogP contribution in [-0.2, 0) is 12.8 Å². The first kappa shape index (κ1) is 25.6. The summed E-state index contributed by atoms with van der Waals surface area (Å²) in [6.45, 7) is 5.02. The van der Waals surface area contributed by atoms with Gasteiger partial charge in [-0.05, 0) is 80.9 Å². The molecule has 2 atom stereocenters. The number of rotatable bonds is 3. The number of aromatic nitrogens is 2. The maximum atomic E-state index is 12.8. The third-order valence-electron chi connectivity index (χ3n) is 7.44. The first-order chi connectivity index (χ1) is 16.6. The van der Waals surface area contributed by atoms with Crippen LogP contribution in [0.4, 0.5) is 10.6 Å². The molecule has 1 aromatic carbocycles. The number of fused-ring (bicyclic) bond motifs is 1. The summed E-state index contributed by atoms with van der Waals surface area (Å²) in [5, 5.41) is 5.97. The number of carbonyl (C=O) groups is 1.